The number of carbonyl (C=O) groups excluding carboxylic acids is 1. The Balaban J connectivity index is 2.50. The smallest absolute Gasteiger partial charge is 0.254 e. The molecular weight excluding hydrogens is 228 g/mol. The van der Waals surface area contributed by atoms with E-state index in [-0.39, 0.29) is 11.7 Å². The normalized spacial score (nSPS) is 10.1. The third-order valence-electron chi connectivity index (χ3n) is 2.62. The molecule has 5 heteroatoms. The highest BCUT2D eigenvalue weighted by Crippen LogP contribution is 2.22. The molecule has 5 nitrogen and oxygen atoms in total. The molecule has 0 fully saturated rings. The summed E-state index contributed by atoms with van der Waals surface area (Å²) in [7, 11) is 1.56. The van der Waals surface area contributed by atoms with Gasteiger partial charge in [0.15, 0.2) is 0 Å². The Bertz CT molecular complexity index is 595. The summed E-state index contributed by atoms with van der Waals surface area (Å²) in [5, 5.41) is 2.54. The highest BCUT2D eigenvalue weighted by molar-refractivity contribution is 5.99. The summed E-state index contributed by atoms with van der Waals surface area (Å²) in [5.74, 6) is -0.0171. The summed E-state index contributed by atoms with van der Waals surface area (Å²) in [4.78, 5) is 19.8. The van der Waals surface area contributed by atoms with Gasteiger partial charge in [-0.1, -0.05) is 0 Å². The lowest BCUT2D eigenvalue weighted by molar-refractivity contribution is 0.0963. The van der Waals surface area contributed by atoms with Crippen molar-refractivity contribution in [2.75, 3.05) is 12.8 Å². The first-order chi connectivity index (χ1) is 8.61. The van der Waals surface area contributed by atoms with Crippen molar-refractivity contribution in [3.05, 3.63) is 41.9 Å². The number of anilines is 1. The summed E-state index contributed by atoms with van der Waals surface area (Å²) in [6.45, 7) is 1.91. The zero-order valence-corrected chi connectivity index (χ0v) is 10.3. The molecule has 0 aliphatic rings. The Morgan fingerprint density at radius 3 is 2.72 bits per heavy atom. The van der Waals surface area contributed by atoms with Gasteiger partial charge in [0.2, 0.25) is 0 Å². The number of nitrogens with two attached hydrogens (primary N) is 1. The van der Waals surface area contributed by atoms with E-state index in [2.05, 4.69) is 15.3 Å². The summed E-state index contributed by atoms with van der Waals surface area (Å²) in [6.07, 6.45) is 3.37. The molecule has 0 unspecified atom stereocenters. The zero-order valence-electron chi connectivity index (χ0n) is 10.3. The number of nitrogen functional groups attached to an aromatic ring is 1. The van der Waals surface area contributed by atoms with Crippen molar-refractivity contribution >= 4 is 11.7 Å². The second kappa shape index (κ2) is 4.83. The van der Waals surface area contributed by atoms with Gasteiger partial charge in [-0.2, -0.15) is 0 Å². The lowest BCUT2D eigenvalue weighted by atomic mass is 10.1. The van der Waals surface area contributed by atoms with E-state index in [1.165, 1.54) is 0 Å². The number of aryl methyl sites for hydroxylation is 1. The van der Waals surface area contributed by atoms with Crippen LogP contribution >= 0.6 is 0 Å². The molecule has 0 saturated heterocycles. The molecule has 0 saturated carbocycles. The molecule has 0 aliphatic carbocycles. The van der Waals surface area contributed by atoms with E-state index in [0.29, 0.717) is 5.56 Å². The van der Waals surface area contributed by atoms with E-state index < -0.39 is 0 Å². The van der Waals surface area contributed by atoms with Crippen LogP contribution in [0.15, 0.2) is 30.6 Å². The van der Waals surface area contributed by atoms with Crippen molar-refractivity contribution < 1.29 is 4.79 Å². The van der Waals surface area contributed by atoms with Gasteiger partial charge in [-0.15, -0.1) is 0 Å². The predicted molar refractivity (Wildman–Crippen MR) is 70.0 cm³/mol. The second-order valence-electron chi connectivity index (χ2n) is 3.92. The van der Waals surface area contributed by atoms with Crippen molar-refractivity contribution in [3.8, 4) is 11.1 Å². The first kappa shape index (κ1) is 12.0. The van der Waals surface area contributed by atoms with Gasteiger partial charge in [0.05, 0.1) is 5.56 Å². The van der Waals surface area contributed by atoms with Crippen LogP contribution in [0.25, 0.3) is 11.1 Å². The maximum atomic E-state index is 11.6. The fourth-order valence-corrected chi connectivity index (χ4v) is 1.67. The number of hydrogen-bond acceptors (Lipinski definition) is 4. The molecule has 2 rings (SSSR count). The summed E-state index contributed by atoms with van der Waals surface area (Å²) in [6, 6.07) is 5.53. The maximum Gasteiger partial charge on any atom is 0.254 e. The molecule has 18 heavy (non-hydrogen) atoms. The number of pyridine rings is 2. The van der Waals surface area contributed by atoms with E-state index >= 15 is 0 Å². The Labute approximate surface area is 105 Å². The highest BCUT2D eigenvalue weighted by atomic mass is 16.1. The van der Waals surface area contributed by atoms with Crippen LogP contribution in [0, 0.1) is 6.92 Å². The Morgan fingerprint density at radius 1 is 1.28 bits per heavy atom. The van der Waals surface area contributed by atoms with Crippen LogP contribution in [-0.2, 0) is 0 Å². The monoisotopic (exact) mass is 242 g/mol. The molecule has 2 aromatic rings. The average Bonchev–Trinajstić information content (AvgIpc) is 2.38. The second-order valence-corrected chi connectivity index (χ2v) is 3.92. The lowest BCUT2D eigenvalue weighted by Gasteiger charge is -2.07. The summed E-state index contributed by atoms with van der Waals surface area (Å²) >= 11 is 0. The van der Waals surface area contributed by atoms with Gasteiger partial charge in [0.25, 0.3) is 5.91 Å². The molecule has 2 aromatic heterocycles. The van der Waals surface area contributed by atoms with Gasteiger partial charge >= 0.3 is 0 Å². The van der Waals surface area contributed by atoms with Crippen molar-refractivity contribution in [1.29, 1.82) is 0 Å². The first-order valence-electron chi connectivity index (χ1n) is 5.52. The fraction of sp³-hybridized carbons (Fsp3) is 0.154. The predicted octanol–water partition coefficient (Wildman–Crippen LogP) is 1.39. The van der Waals surface area contributed by atoms with Crippen LogP contribution in [0.4, 0.5) is 5.82 Å². The average molecular weight is 242 g/mol. The van der Waals surface area contributed by atoms with Crippen LogP contribution in [0.5, 0.6) is 0 Å². The number of rotatable bonds is 2. The Hall–Kier alpha value is -2.43. The van der Waals surface area contributed by atoms with Crippen LogP contribution in [-0.4, -0.2) is 22.9 Å². The van der Waals surface area contributed by atoms with Gasteiger partial charge in [-0.3, -0.25) is 9.78 Å². The van der Waals surface area contributed by atoms with Gasteiger partial charge in [0, 0.05) is 30.7 Å². The quantitative estimate of drug-likeness (QED) is 0.834. The van der Waals surface area contributed by atoms with E-state index in [1.54, 1.807) is 25.5 Å². The molecule has 0 spiro atoms. The minimum absolute atomic E-state index is 0.226. The Kier molecular flexibility index (Phi) is 3.23. The lowest BCUT2D eigenvalue weighted by Crippen LogP contribution is -2.19. The van der Waals surface area contributed by atoms with Crippen LogP contribution in [0.3, 0.4) is 0 Å². The number of nitrogens with zero attached hydrogens (tertiary/aromatic N) is 2. The molecular formula is C13H14N4O. The number of aromatic nitrogens is 2. The molecule has 0 bridgehead atoms. The number of carbonyl (C=O) groups is 1. The Morgan fingerprint density at radius 2 is 2.06 bits per heavy atom. The molecule has 92 valence electrons. The molecule has 2 heterocycles. The standard InChI is InChI=1S/C13H14N4O/c1-8-5-9(3-4-16-8)10-6-11(13(18)15-2)12(14)17-7-10/h3-7H,1-2H3,(H2,14,17)(H,15,18). The van der Waals surface area contributed by atoms with Gasteiger partial charge in [-0.25, -0.2) is 4.98 Å². The topological polar surface area (TPSA) is 80.9 Å². The van der Waals surface area contributed by atoms with Gasteiger partial charge in [0.1, 0.15) is 5.82 Å². The maximum absolute atomic E-state index is 11.6. The van der Waals surface area contributed by atoms with Crippen molar-refractivity contribution in [2.24, 2.45) is 0 Å². The number of nitrogens with one attached hydrogen (secondary N) is 1. The third-order valence-corrected chi connectivity index (χ3v) is 2.62. The SMILES string of the molecule is CNC(=O)c1cc(-c2ccnc(C)c2)cnc1N. The van der Waals surface area contributed by atoms with Crippen LogP contribution in [0.1, 0.15) is 16.1 Å². The van der Waals surface area contributed by atoms with E-state index in [4.69, 9.17) is 5.73 Å². The van der Waals surface area contributed by atoms with Gasteiger partial charge in [-0.05, 0) is 30.7 Å². The molecule has 0 radical (unpaired) electrons. The molecule has 1 amide bonds. The number of amides is 1. The largest absolute Gasteiger partial charge is 0.383 e. The van der Waals surface area contributed by atoms with Gasteiger partial charge < -0.3 is 11.1 Å². The zero-order chi connectivity index (χ0) is 13.1. The third kappa shape index (κ3) is 2.29. The fourth-order valence-electron chi connectivity index (χ4n) is 1.67. The first-order valence-corrected chi connectivity index (χ1v) is 5.52. The van der Waals surface area contributed by atoms with E-state index in [1.807, 2.05) is 19.1 Å². The van der Waals surface area contributed by atoms with E-state index in [9.17, 15) is 4.79 Å². The van der Waals surface area contributed by atoms with Crippen LogP contribution in [0.2, 0.25) is 0 Å². The summed E-state index contributed by atoms with van der Waals surface area (Å²) < 4.78 is 0. The van der Waals surface area contributed by atoms with Crippen molar-refractivity contribution in [3.63, 3.8) is 0 Å². The molecule has 0 aromatic carbocycles. The molecule has 0 atom stereocenters. The van der Waals surface area contributed by atoms with Crippen LogP contribution < -0.4 is 11.1 Å². The molecule has 0 aliphatic heterocycles. The minimum atomic E-state index is -0.243. The van der Waals surface area contributed by atoms with E-state index in [0.717, 1.165) is 16.8 Å². The van der Waals surface area contributed by atoms with Crippen molar-refractivity contribution in [2.45, 2.75) is 6.92 Å². The summed E-state index contributed by atoms with van der Waals surface area (Å²) in [5.41, 5.74) is 8.78. The van der Waals surface area contributed by atoms with Crippen molar-refractivity contribution in [1.82, 2.24) is 15.3 Å². The minimum Gasteiger partial charge on any atom is -0.383 e. The highest BCUT2D eigenvalue weighted by Gasteiger charge is 2.11. The molecule has 3 N–H and O–H groups in total. The number of hydrogen-bond donors (Lipinski definition) is 2.